The number of piperidine rings is 1. The van der Waals surface area contributed by atoms with Gasteiger partial charge in [0.1, 0.15) is 6.33 Å². The third-order valence-electron chi connectivity index (χ3n) is 5.94. The molecule has 26 heavy (non-hydrogen) atoms. The number of amides is 1. The van der Waals surface area contributed by atoms with E-state index in [4.69, 9.17) is 11.6 Å². The summed E-state index contributed by atoms with van der Waals surface area (Å²) in [6.07, 6.45) is 7.74. The van der Waals surface area contributed by atoms with Gasteiger partial charge < -0.3 is 9.30 Å². The van der Waals surface area contributed by atoms with E-state index in [0.717, 1.165) is 31.2 Å². The zero-order valence-corrected chi connectivity index (χ0v) is 15.1. The molecule has 3 atom stereocenters. The number of benzene rings is 1. The first-order chi connectivity index (χ1) is 12.7. The molecule has 2 aliphatic heterocycles. The van der Waals surface area contributed by atoms with Crippen molar-refractivity contribution in [1.82, 2.24) is 14.3 Å². The summed E-state index contributed by atoms with van der Waals surface area (Å²) >= 11 is 6.04. The summed E-state index contributed by atoms with van der Waals surface area (Å²) in [6.45, 7) is 0. The van der Waals surface area contributed by atoms with Crippen LogP contribution in [0.15, 0.2) is 55.0 Å². The van der Waals surface area contributed by atoms with Crippen LogP contribution < -0.4 is 0 Å². The Morgan fingerprint density at radius 2 is 1.77 bits per heavy atom. The average Bonchev–Trinajstić information content (AvgIpc) is 3.19. The summed E-state index contributed by atoms with van der Waals surface area (Å²) in [4.78, 5) is 19.8. The van der Waals surface area contributed by atoms with Crippen molar-refractivity contribution in [2.75, 3.05) is 0 Å². The molecule has 2 bridgehead atoms. The van der Waals surface area contributed by atoms with E-state index in [1.54, 1.807) is 12.5 Å². The zero-order chi connectivity index (χ0) is 17.7. The Labute approximate surface area is 157 Å². The SMILES string of the molecule is O=C(c1ncn2cc(Cl)ccc12)N1[C@@H]2CC[C@H]1CC(c1ccccc1)C2. The predicted molar refractivity (Wildman–Crippen MR) is 102 cm³/mol. The molecule has 0 spiro atoms. The van der Waals surface area contributed by atoms with Crippen molar-refractivity contribution >= 4 is 23.0 Å². The molecule has 2 aromatic heterocycles. The van der Waals surface area contributed by atoms with Crippen molar-refractivity contribution in [1.29, 1.82) is 0 Å². The fourth-order valence-electron chi connectivity index (χ4n) is 4.77. The molecule has 1 unspecified atom stereocenters. The highest BCUT2D eigenvalue weighted by Gasteiger charge is 2.44. The van der Waals surface area contributed by atoms with E-state index in [-0.39, 0.29) is 5.91 Å². The van der Waals surface area contributed by atoms with Crippen LogP contribution in [0, 0.1) is 0 Å². The van der Waals surface area contributed by atoms with Gasteiger partial charge in [-0.1, -0.05) is 41.9 Å². The predicted octanol–water partition coefficient (Wildman–Crippen LogP) is 4.54. The maximum atomic E-state index is 13.3. The highest BCUT2D eigenvalue weighted by atomic mass is 35.5. The van der Waals surface area contributed by atoms with Gasteiger partial charge in [0.05, 0.1) is 10.5 Å². The average molecular weight is 366 g/mol. The van der Waals surface area contributed by atoms with Gasteiger partial charge in [-0.15, -0.1) is 0 Å². The van der Waals surface area contributed by atoms with E-state index in [1.807, 2.05) is 16.5 Å². The molecule has 0 saturated carbocycles. The summed E-state index contributed by atoms with van der Waals surface area (Å²) in [5.74, 6) is 0.615. The van der Waals surface area contributed by atoms with Gasteiger partial charge in [-0.25, -0.2) is 4.98 Å². The molecule has 4 heterocycles. The molecule has 3 aromatic rings. The number of aromatic nitrogens is 2. The maximum absolute atomic E-state index is 13.3. The van der Waals surface area contributed by atoms with E-state index in [0.29, 0.717) is 28.7 Å². The standard InChI is InChI=1S/C21H20ClN3O/c22-16-6-9-19-20(23-13-24(19)12-16)21(26)25-17-7-8-18(25)11-15(10-17)14-4-2-1-3-5-14/h1-6,9,12-13,15,17-18H,7-8,10-11H2/t15?,17-,18+. The summed E-state index contributed by atoms with van der Waals surface area (Å²) in [5.41, 5.74) is 2.76. The molecule has 1 amide bonds. The topological polar surface area (TPSA) is 37.6 Å². The Hall–Kier alpha value is -2.33. The fourth-order valence-corrected chi connectivity index (χ4v) is 4.93. The number of hydrogen-bond donors (Lipinski definition) is 0. The first-order valence-corrected chi connectivity index (χ1v) is 9.58. The van der Waals surface area contributed by atoms with E-state index in [2.05, 4.69) is 40.2 Å². The van der Waals surface area contributed by atoms with Crippen LogP contribution in [0.5, 0.6) is 0 Å². The molecule has 4 nitrogen and oxygen atoms in total. The number of nitrogens with zero attached hydrogens (tertiary/aromatic N) is 3. The molecular weight excluding hydrogens is 346 g/mol. The molecule has 1 aromatic carbocycles. The van der Waals surface area contributed by atoms with Gasteiger partial charge in [0.2, 0.25) is 0 Å². The molecule has 2 fully saturated rings. The van der Waals surface area contributed by atoms with Gasteiger partial charge in [-0.3, -0.25) is 4.79 Å². The van der Waals surface area contributed by atoms with E-state index in [1.165, 1.54) is 5.56 Å². The van der Waals surface area contributed by atoms with Gasteiger partial charge in [0.15, 0.2) is 5.69 Å². The summed E-state index contributed by atoms with van der Waals surface area (Å²) in [6, 6.07) is 15.0. The van der Waals surface area contributed by atoms with Crippen molar-refractivity contribution in [2.45, 2.75) is 43.7 Å². The number of imidazole rings is 1. The molecule has 0 N–H and O–H groups in total. The number of rotatable bonds is 2. The Kier molecular flexibility index (Phi) is 3.75. The van der Waals surface area contributed by atoms with Crippen molar-refractivity contribution < 1.29 is 4.79 Å². The van der Waals surface area contributed by atoms with E-state index < -0.39 is 0 Å². The second kappa shape index (κ2) is 6.13. The molecular formula is C21H20ClN3O. The number of halogens is 1. The number of hydrogen-bond acceptors (Lipinski definition) is 2. The first kappa shape index (κ1) is 15.9. The second-order valence-corrected chi connectivity index (χ2v) is 7.85. The minimum atomic E-state index is 0.0637. The lowest BCUT2D eigenvalue weighted by molar-refractivity contribution is 0.0568. The van der Waals surface area contributed by atoms with Gasteiger partial charge >= 0.3 is 0 Å². The Morgan fingerprint density at radius 1 is 1.04 bits per heavy atom. The first-order valence-electron chi connectivity index (χ1n) is 9.20. The molecule has 0 radical (unpaired) electrons. The Bertz CT molecular complexity index is 954. The quantitative estimate of drug-likeness (QED) is 0.668. The third-order valence-corrected chi connectivity index (χ3v) is 6.16. The van der Waals surface area contributed by atoms with Crippen molar-refractivity contribution in [3.8, 4) is 0 Å². The van der Waals surface area contributed by atoms with Crippen LogP contribution in [0.3, 0.4) is 0 Å². The van der Waals surface area contributed by atoms with Gasteiger partial charge in [0.25, 0.3) is 5.91 Å². The lowest BCUT2D eigenvalue weighted by atomic mass is 9.85. The zero-order valence-electron chi connectivity index (χ0n) is 14.4. The molecule has 5 heteroatoms. The number of carbonyl (C=O) groups is 1. The Balaban J connectivity index is 1.43. The summed E-state index contributed by atoms with van der Waals surface area (Å²) < 4.78 is 1.83. The fraction of sp³-hybridized carbons (Fsp3) is 0.333. The van der Waals surface area contributed by atoms with E-state index >= 15 is 0 Å². The van der Waals surface area contributed by atoms with Crippen LogP contribution in [-0.2, 0) is 0 Å². The van der Waals surface area contributed by atoms with Crippen LogP contribution in [0.4, 0.5) is 0 Å². The van der Waals surface area contributed by atoms with Crippen LogP contribution in [0.2, 0.25) is 5.02 Å². The molecule has 2 aliphatic rings. The highest BCUT2D eigenvalue weighted by molar-refractivity contribution is 6.30. The smallest absolute Gasteiger partial charge is 0.275 e. The number of carbonyl (C=O) groups excluding carboxylic acids is 1. The molecule has 132 valence electrons. The number of fused-ring (bicyclic) bond motifs is 3. The maximum Gasteiger partial charge on any atom is 0.275 e. The lowest BCUT2D eigenvalue weighted by Crippen LogP contribution is -2.46. The van der Waals surface area contributed by atoms with Crippen LogP contribution in [0.1, 0.15) is 47.7 Å². The minimum Gasteiger partial charge on any atom is -0.331 e. The highest BCUT2D eigenvalue weighted by Crippen LogP contribution is 2.43. The van der Waals surface area contributed by atoms with Crippen LogP contribution >= 0.6 is 11.6 Å². The van der Waals surface area contributed by atoms with Crippen LogP contribution in [-0.4, -0.2) is 32.3 Å². The summed E-state index contributed by atoms with van der Waals surface area (Å²) in [7, 11) is 0. The monoisotopic (exact) mass is 365 g/mol. The van der Waals surface area contributed by atoms with Gasteiger partial charge in [0, 0.05) is 18.3 Å². The largest absolute Gasteiger partial charge is 0.331 e. The molecule has 0 aliphatic carbocycles. The van der Waals surface area contributed by atoms with Crippen molar-refractivity contribution in [2.24, 2.45) is 0 Å². The molecule has 2 saturated heterocycles. The summed E-state index contributed by atoms with van der Waals surface area (Å²) in [5, 5.41) is 0.637. The minimum absolute atomic E-state index is 0.0637. The normalized spacial score (nSPS) is 25.0. The molecule has 5 rings (SSSR count). The van der Waals surface area contributed by atoms with Gasteiger partial charge in [-0.2, -0.15) is 0 Å². The van der Waals surface area contributed by atoms with Crippen LogP contribution in [0.25, 0.3) is 5.52 Å². The second-order valence-electron chi connectivity index (χ2n) is 7.41. The third kappa shape index (κ3) is 2.52. The van der Waals surface area contributed by atoms with Crippen molar-refractivity contribution in [3.05, 3.63) is 71.3 Å². The Morgan fingerprint density at radius 3 is 2.50 bits per heavy atom. The lowest BCUT2D eigenvalue weighted by Gasteiger charge is -2.39. The van der Waals surface area contributed by atoms with Gasteiger partial charge in [-0.05, 0) is 49.3 Å². The van der Waals surface area contributed by atoms with E-state index in [9.17, 15) is 4.79 Å². The van der Waals surface area contributed by atoms with Crippen molar-refractivity contribution in [3.63, 3.8) is 0 Å². The number of pyridine rings is 1.